The van der Waals surface area contributed by atoms with Crippen LogP contribution in [0.3, 0.4) is 0 Å². The van der Waals surface area contributed by atoms with Gasteiger partial charge in [0.25, 0.3) is 0 Å². The van der Waals surface area contributed by atoms with Crippen molar-refractivity contribution in [3.05, 3.63) is 35.6 Å². The van der Waals surface area contributed by atoms with Crippen molar-refractivity contribution in [3.63, 3.8) is 0 Å². The summed E-state index contributed by atoms with van der Waals surface area (Å²) in [5.74, 6) is -0.239. The summed E-state index contributed by atoms with van der Waals surface area (Å²) in [6.07, 6.45) is -0.142. The number of nitrogens with one attached hydrogen (secondary N) is 1. The van der Waals surface area contributed by atoms with Gasteiger partial charge in [-0.05, 0) is 31.7 Å². The Morgan fingerprint density at radius 3 is 2.82 bits per heavy atom. The number of likely N-dealkylation sites (N-methyl/N-ethyl adjacent to an activating group) is 1. The number of ether oxygens (including phenoxy) is 2. The molecule has 0 amide bonds. The standard InChI is InChI=1S/C13H20FNO2/c1-3-16-7-8-17-13(10-15-2)11-5-4-6-12(14)9-11/h4-6,9,13,15H,3,7-8,10H2,1-2H3. The molecule has 0 bridgehead atoms. The lowest BCUT2D eigenvalue weighted by Gasteiger charge is -2.18. The second-order valence-electron chi connectivity index (χ2n) is 3.67. The normalized spacial score (nSPS) is 12.6. The van der Waals surface area contributed by atoms with E-state index >= 15 is 0 Å². The topological polar surface area (TPSA) is 30.5 Å². The van der Waals surface area contributed by atoms with Crippen LogP contribution in [0, 0.1) is 5.82 Å². The predicted octanol–water partition coefficient (Wildman–Crippen LogP) is 2.14. The minimum atomic E-state index is -0.239. The summed E-state index contributed by atoms with van der Waals surface area (Å²) >= 11 is 0. The average molecular weight is 241 g/mol. The van der Waals surface area contributed by atoms with Crippen LogP contribution in [0.1, 0.15) is 18.6 Å². The molecule has 0 aliphatic heterocycles. The minimum Gasteiger partial charge on any atom is -0.379 e. The lowest BCUT2D eigenvalue weighted by molar-refractivity contribution is 0.00750. The van der Waals surface area contributed by atoms with E-state index in [2.05, 4.69) is 5.32 Å². The van der Waals surface area contributed by atoms with E-state index in [0.717, 1.165) is 5.56 Å². The maximum Gasteiger partial charge on any atom is 0.123 e. The molecule has 0 aliphatic rings. The third-order valence-corrected chi connectivity index (χ3v) is 2.36. The highest BCUT2D eigenvalue weighted by Crippen LogP contribution is 2.17. The molecule has 4 heteroatoms. The van der Waals surface area contributed by atoms with Crippen molar-refractivity contribution in [2.45, 2.75) is 13.0 Å². The van der Waals surface area contributed by atoms with Crippen LogP contribution in [0.25, 0.3) is 0 Å². The Morgan fingerprint density at radius 2 is 2.18 bits per heavy atom. The predicted molar refractivity (Wildman–Crippen MR) is 65.5 cm³/mol. The van der Waals surface area contributed by atoms with Crippen LogP contribution in [-0.4, -0.2) is 33.4 Å². The molecule has 1 rings (SSSR count). The van der Waals surface area contributed by atoms with Crippen LogP contribution in [0.15, 0.2) is 24.3 Å². The van der Waals surface area contributed by atoms with Gasteiger partial charge < -0.3 is 14.8 Å². The van der Waals surface area contributed by atoms with E-state index in [1.807, 2.05) is 20.0 Å². The third kappa shape index (κ3) is 5.26. The van der Waals surface area contributed by atoms with Crippen LogP contribution in [0.2, 0.25) is 0 Å². The van der Waals surface area contributed by atoms with Crippen molar-refractivity contribution in [3.8, 4) is 0 Å². The van der Waals surface area contributed by atoms with Crippen molar-refractivity contribution >= 4 is 0 Å². The highest BCUT2D eigenvalue weighted by atomic mass is 19.1. The van der Waals surface area contributed by atoms with Gasteiger partial charge in [0.2, 0.25) is 0 Å². The maximum atomic E-state index is 13.1. The smallest absolute Gasteiger partial charge is 0.123 e. The van der Waals surface area contributed by atoms with Gasteiger partial charge in [0.1, 0.15) is 5.82 Å². The molecule has 1 aromatic carbocycles. The van der Waals surface area contributed by atoms with Crippen LogP contribution < -0.4 is 5.32 Å². The molecule has 17 heavy (non-hydrogen) atoms. The molecule has 1 atom stereocenters. The summed E-state index contributed by atoms with van der Waals surface area (Å²) in [4.78, 5) is 0. The first-order valence-corrected chi connectivity index (χ1v) is 5.87. The number of benzene rings is 1. The van der Waals surface area contributed by atoms with Gasteiger partial charge in [0.05, 0.1) is 19.3 Å². The molecule has 96 valence electrons. The summed E-state index contributed by atoms with van der Waals surface area (Å²) in [7, 11) is 1.85. The van der Waals surface area contributed by atoms with E-state index in [1.54, 1.807) is 6.07 Å². The minimum absolute atomic E-state index is 0.142. The van der Waals surface area contributed by atoms with Gasteiger partial charge in [0.15, 0.2) is 0 Å². The third-order valence-electron chi connectivity index (χ3n) is 2.36. The Labute approximate surface area is 102 Å². The van der Waals surface area contributed by atoms with Crippen molar-refractivity contribution < 1.29 is 13.9 Å². The number of hydrogen-bond donors (Lipinski definition) is 1. The van der Waals surface area contributed by atoms with Gasteiger partial charge in [-0.2, -0.15) is 0 Å². The van der Waals surface area contributed by atoms with E-state index in [4.69, 9.17) is 9.47 Å². The molecule has 0 fully saturated rings. The molecule has 0 radical (unpaired) electrons. The van der Waals surface area contributed by atoms with Crippen molar-refractivity contribution in [2.75, 3.05) is 33.4 Å². The molecular formula is C13H20FNO2. The molecule has 1 aromatic rings. The lowest BCUT2D eigenvalue weighted by atomic mass is 10.1. The monoisotopic (exact) mass is 241 g/mol. The number of halogens is 1. The van der Waals surface area contributed by atoms with Crippen LogP contribution in [0.5, 0.6) is 0 Å². The molecule has 1 unspecified atom stereocenters. The highest BCUT2D eigenvalue weighted by Gasteiger charge is 2.11. The fraction of sp³-hybridized carbons (Fsp3) is 0.538. The first-order valence-electron chi connectivity index (χ1n) is 5.87. The van der Waals surface area contributed by atoms with Gasteiger partial charge in [-0.25, -0.2) is 4.39 Å². The van der Waals surface area contributed by atoms with E-state index in [-0.39, 0.29) is 11.9 Å². The summed E-state index contributed by atoms with van der Waals surface area (Å²) in [6.45, 7) is 4.34. The Kier molecular flexibility index (Phi) is 6.77. The van der Waals surface area contributed by atoms with Crippen LogP contribution in [-0.2, 0) is 9.47 Å². The maximum absolute atomic E-state index is 13.1. The average Bonchev–Trinajstić information content (AvgIpc) is 2.33. The van der Waals surface area contributed by atoms with Crippen molar-refractivity contribution in [1.82, 2.24) is 5.32 Å². The Morgan fingerprint density at radius 1 is 1.35 bits per heavy atom. The van der Waals surface area contributed by atoms with Gasteiger partial charge in [-0.15, -0.1) is 0 Å². The highest BCUT2D eigenvalue weighted by molar-refractivity contribution is 5.19. The van der Waals surface area contributed by atoms with E-state index in [0.29, 0.717) is 26.4 Å². The molecule has 0 aromatic heterocycles. The second kappa shape index (κ2) is 8.17. The van der Waals surface area contributed by atoms with Gasteiger partial charge >= 0.3 is 0 Å². The molecule has 0 spiro atoms. The van der Waals surface area contributed by atoms with Crippen molar-refractivity contribution in [1.29, 1.82) is 0 Å². The molecule has 0 heterocycles. The van der Waals surface area contributed by atoms with Crippen LogP contribution in [0.4, 0.5) is 4.39 Å². The molecule has 0 saturated carbocycles. The summed E-state index contributed by atoms with van der Waals surface area (Å²) in [6, 6.07) is 6.49. The van der Waals surface area contributed by atoms with E-state index in [1.165, 1.54) is 12.1 Å². The van der Waals surface area contributed by atoms with Gasteiger partial charge in [-0.1, -0.05) is 12.1 Å². The summed E-state index contributed by atoms with van der Waals surface area (Å²) in [5.41, 5.74) is 0.843. The Hall–Kier alpha value is -0.970. The molecule has 1 N–H and O–H groups in total. The quantitative estimate of drug-likeness (QED) is 0.707. The van der Waals surface area contributed by atoms with E-state index < -0.39 is 0 Å². The zero-order valence-corrected chi connectivity index (χ0v) is 10.4. The molecule has 0 aliphatic carbocycles. The second-order valence-corrected chi connectivity index (χ2v) is 3.67. The first-order chi connectivity index (χ1) is 8.27. The zero-order chi connectivity index (χ0) is 12.5. The fourth-order valence-electron chi connectivity index (χ4n) is 1.56. The Balaban J connectivity index is 2.52. The van der Waals surface area contributed by atoms with Crippen molar-refractivity contribution in [2.24, 2.45) is 0 Å². The lowest BCUT2D eigenvalue weighted by Crippen LogP contribution is -2.21. The summed E-state index contributed by atoms with van der Waals surface area (Å²) < 4.78 is 24.0. The zero-order valence-electron chi connectivity index (χ0n) is 10.4. The Bertz CT molecular complexity index is 320. The van der Waals surface area contributed by atoms with E-state index in [9.17, 15) is 4.39 Å². The van der Waals surface area contributed by atoms with Gasteiger partial charge in [-0.3, -0.25) is 0 Å². The largest absolute Gasteiger partial charge is 0.379 e. The molecule has 0 saturated heterocycles. The SMILES string of the molecule is CCOCCOC(CNC)c1cccc(F)c1. The molecule has 3 nitrogen and oxygen atoms in total. The summed E-state index contributed by atoms with van der Waals surface area (Å²) in [5, 5.41) is 3.04. The number of hydrogen-bond acceptors (Lipinski definition) is 3. The molecular weight excluding hydrogens is 221 g/mol. The number of rotatable bonds is 8. The van der Waals surface area contributed by atoms with Gasteiger partial charge in [0, 0.05) is 13.2 Å². The first kappa shape index (κ1) is 14.1. The van der Waals surface area contributed by atoms with Crippen LogP contribution >= 0.6 is 0 Å². The fourth-order valence-corrected chi connectivity index (χ4v) is 1.56.